The second-order valence-corrected chi connectivity index (χ2v) is 4.55. The minimum Gasteiger partial charge on any atom is -0.389 e. The van der Waals surface area contributed by atoms with Gasteiger partial charge in [-0.25, -0.2) is 0 Å². The molecule has 1 atom stereocenters. The number of rotatable bonds is 4. The first-order chi connectivity index (χ1) is 7.72. The van der Waals surface area contributed by atoms with Gasteiger partial charge in [-0.2, -0.15) is 0 Å². The molecule has 1 N–H and O–H groups in total. The molecule has 0 unspecified atom stereocenters. The maximum Gasteiger partial charge on any atom is 0.308 e. The molecule has 0 fully saturated rings. The van der Waals surface area contributed by atoms with Crippen molar-refractivity contribution in [3.05, 3.63) is 33.9 Å². The first-order valence-electron chi connectivity index (χ1n) is 4.97. The van der Waals surface area contributed by atoms with Crippen molar-refractivity contribution in [2.45, 2.75) is 12.6 Å². The van der Waals surface area contributed by atoms with Crippen LogP contribution in [-0.2, 0) is 11.3 Å². The van der Waals surface area contributed by atoms with Crippen molar-refractivity contribution in [1.82, 2.24) is 4.57 Å². The fourth-order valence-corrected chi connectivity index (χ4v) is 2.54. The highest BCUT2D eigenvalue weighted by atomic mass is 32.1. The number of aromatic nitrogens is 1. The highest BCUT2D eigenvalue weighted by molar-refractivity contribution is 7.16. The van der Waals surface area contributed by atoms with Crippen molar-refractivity contribution in [1.29, 1.82) is 0 Å². The summed E-state index contributed by atoms with van der Waals surface area (Å²) in [7, 11) is 1.53. The van der Waals surface area contributed by atoms with Crippen molar-refractivity contribution in [2.24, 2.45) is 0 Å². The lowest BCUT2D eigenvalue weighted by Crippen LogP contribution is -2.26. The van der Waals surface area contributed by atoms with Crippen LogP contribution in [0.1, 0.15) is 0 Å². The van der Waals surface area contributed by atoms with Gasteiger partial charge in [-0.15, -0.1) is 0 Å². The zero-order chi connectivity index (χ0) is 11.5. The number of para-hydroxylation sites is 1. The summed E-state index contributed by atoms with van der Waals surface area (Å²) in [5, 5.41) is 9.62. The molecule has 4 nitrogen and oxygen atoms in total. The maximum absolute atomic E-state index is 11.7. The van der Waals surface area contributed by atoms with E-state index in [0.29, 0.717) is 0 Å². The number of benzene rings is 1. The Balaban J connectivity index is 2.36. The number of fused-ring (bicyclic) bond motifs is 1. The molecule has 2 aromatic rings. The Morgan fingerprint density at radius 1 is 1.50 bits per heavy atom. The largest absolute Gasteiger partial charge is 0.389 e. The summed E-state index contributed by atoms with van der Waals surface area (Å²) in [4.78, 5) is 11.7. The number of aliphatic hydroxyl groups is 1. The van der Waals surface area contributed by atoms with Gasteiger partial charge in [0.2, 0.25) is 0 Å². The zero-order valence-corrected chi connectivity index (χ0v) is 9.74. The number of ether oxygens (including phenoxy) is 1. The van der Waals surface area contributed by atoms with Crippen LogP contribution in [0.4, 0.5) is 0 Å². The van der Waals surface area contributed by atoms with E-state index in [9.17, 15) is 9.90 Å². The minimum atomic E-state index is -0.652. The predicted octanol–water partition coefficient (Wildman–Crippen LogP) is 1.07. The summed E-state index contributed by atoms with van der Waals surface area (Å²) in [5.74, 6) is 0. The summed E-state index contributed by atoms with van der Waals surface area (Å²) in [6.45, 7) is 0.507. The Morgan fingerprint density at radius 2 is 2.25 bits per heavy atom. The van der Waals surface area contributed by atoms with E-state index in [-0.39, 0.29) is 18.0 Å². The Morgan fingerprint density at radius 3 is 3.00 bits per heavy atom. The molecule has 1 heterocycles. The lowest BCUT2D eigenvalue weighted by molar-refractivity contribution is 0.0541. The predicted molar refractivity (Wildman–Crippen MR) is 64.0 cm³/mol. The third-order valence-electron chi connectivity index (χ3n) is 2.33. The van der Waals surface area contributed by atoms with Crippen LogP contribution in [0, 0.1) is 0 Å². The van der Waals surface area contributed by atoms with Gasteiger partial charge in [0.1, 0.15) is 0 Å². The molecule has 0 bridgehead atoms. The summed E-state index contributed by atoms with van der Waals surface area (Å²) in [5.41, 5.74) is 0.868. The zero-order valence-electron chi connectivity index (χ0n) is 8.92. The molecule has 5 heteroatoms. The Kier molecular flexibility index (Phi) is 3.38. The van der Waals surface area contributed by atoms with Gasteiger partial charge in [0.15, 0.2) is 0 Å². The van der Waals surface area contributed by atoms with Crippen molar-refractivity contribution in [3.8, 4) is 0 Å². The van der Waals surface area contributed by atoms with E-state index in [2.05, 4.69) is 0 Å². The van der Waals surface area contributed by atoms with Gasteiger partial charge in [-0.1, -0.05) is 23.5 Å². The smallest absolute Gasteiger partial charge is 0.308 e. The number of methoxy groups -OCH3 is 1. The van der Waals surface area contributed by atoms with Gasteiger partial charge in [-0.05, 0) is 12.1 Å². The maximum atomic E-state index is 11.7. The van der Waals surface area contributed by atoms with Gasteiger partial charge in [0.25, 0.3) is 0 Å². The second-order valence-electron chi connectivity index (χ2n) is 3.56. The van der Waals surface area contributed by atoms with Crippen LogP contribution >= 0.6 is 11.3 Å². The highest BCUT2D eigenvalue weighted by Gasteiger charge is 2.11. The van der Waals surface area contributed by atoms with Crippen LogP contribution < -0.4 is 4.87 Å². The fourth-order valence-electron chi connectivity index (χ4n) is 1.64. The average molecular weight is 239 g/mol. The van der Waals surface area contributed by atoms with E-state index in [1.165, 1.54) is 18.4 Å². The fraction of sp³-hybridized carbons (Fsp3) is 0.364. The lowest BCUT2D eigenvalue weighted by atomic mass is 10.3. The van der Waals surface area contributed by atoms with Gasteiger partial charge in [0.05, 0.1) is 29.5 Å². The molecule has 0 radical (unpaired) electrons. The highest BCUT2D eigenvalue weighted by Crippen LogP contribution is 2.16. The minimum absolute atomic E-state index is 0.0450. The van der Waals surface area contributed by atoms with Gasteiger partial charge < -0.3 is 9.84 Å². The summed E-state index contributed by atoms with van der Waals surface area (Å²) in [6, 6.07) is 7.56. The third kappa shape index (κ3) is 2.16. The van der Waals surface area contributed by atoms with Crippen molar-refractivity contribution in [3.63, 3.8) is 0 Å². The van der Waals surface area contributed by atoms with Gasteiger partial charge >= 0.3 is 4.87 Å². The third-order valence-corrected chi connectivity index (χ3v) is 3.29. The molecule has 1 aromatic heterocycles. The molecule has 86 valence electrons. The topological polar surface area (TPSA) is 51.5 Å². The van der Waals surface area contributed by atoms with Gasteiger partial charge in [0, 0.05) is 7.11 Å². The lowest BCUT2D eigenvalue weighted by Gasteiger charge is -2.10. The van der Waals surface area contributed by atoms with Gasteiger partial charge in [-0.3, -0.25) is 9.36 Å². The molecule has 0 aliphatic heterocycles. The Labute approximate surface area is 96.7 Å². The Bertz CT molecular complexity index is 531. The first kappa shape index (κ1) is 11.3. The van der Waals surface area contributed by atoms with E-state index in [1.807, 2.05) is 24.3 Å². The number of hydrogen-bond donors (Lipinski definition) is 1. The molecule has 2 rings (SSSR count). The quantitative estimate of drug-likeness (QED) is 0.868. The van der Waals surface area contributed by atoms with Crippen LogP contribution in [0.2, 0.25) is 0 Å². The molecule has 0 aliphatic rings. The van der Waals surface area contributed by atoms with E-state index in [0.717, 1.165) is 10.2 Å². The normalized spacial score (nSPS) is 13.1. The SMILES string of the molecule is COC[C@H](O)Cn1c(=O)sc2ccccc21. The van der Waals surface area contributed by atoms with E-state index >= 15 is 0 Å². The summed E-state index contributed by atoms with van der Waals surface area (Å²) >= 11 is 1.19. The van der Waals surface area contributed by atoms with Crippen molar-refractivity contribution in [2.75, 3.05) is 13.7 Å². The average Bonchev–Trinajstić information content (AvgIpc) is 2.56. The van der Waals surface area contributed by atoms with E-state index < -0.39 is 6.10 Å². The number of nitrogens with zero attached hydrogens (tertiary/aromatic N) is 1. The molecule has 0 saturated carbocycles. The monoisotopic (exact) mass is 239 g/mol. The number of hydrogen-bond acceptors (Lipinski definition) is 4. The number of aliphatic hydroxyl groups excluding tert-OH is 1. The van der Waals surface area contributed by atoms with E-state index in [1.54, 1.807) is 4.57 Å². The van der Waals surface area contributed by atoms with Crippen LogP contribution in [0.15, 0.2) is 29.1 Å². The molecular weight excluding hydrogens is 226 g/mol. The van der Waals surface area contributed by atoms with Crippen LogP contribution in [0.25, 0.3) is 10.2 Å². The molecule has 16 heavy (non-hydrogen) atoms. The second kappa shape index (κ2) is 4.78. The number of thiazole rings is 1. The van der Waals surface area contributed by atoms with Crippen LogP contribution in [-0.4, -0.2) is 29.5 Å². The molecule has 0 amide bonds. The summed E-state index contributed by atoms with van der Waals surface area (Å²) < 4.78 is 7.37. The van der Waals surface area contributed by atoms with Crippen LogP contribution in [0.5, 0.6) is 0 Å². The van der Waals surface area contributed by atoms with Crippen LogP contribution in [0.3, 0.4) is 0 Å². The van der Waals surface area contributed by atoms with Crippen molar-refractivity contribution < 1.29 is 9.84 Å². The molecule has 0 spiro atoms. The summed E-state index contributed by atoms with van der Waals surface area (Å²) in [6.07, 6.45) is -0.652. The standard InChI is InChI=1S/C11H13NO3S/c1-15-7-8(13)6-12-9-4-2-3-5-10(9)16-11(12)14/h2-5,8,13H,6-7H2,1H3/t8-/m1/s1. The Hall–Kier alpha value is -1.17. The van der Waals surface area contributed by atoms with E-state index in [4.69, 9.17) is 4.74 Å². The molecule has 1 aromatic carbocycles. The molecular formula is C11H13NO3S. The molecule has 0 aliphatic carbocycles. The molecule has 0 saturated heterocycles. The van der Waals surface area contributed by atoms with Crippen molar-refractivity contribution >= 4 is 21.6 Å². The first-order valence-corrected chi connectivity index (χ1v) is 5.79.